The molecular weight excluding hydrogens is 268 g/mol. The van der Waals surface area contributed by atoms with Crippen LogP contribution in [0.2, 0.25) is 0 Å². The third kappa shape index (κ3) is 3.10. The average Bonchev–Trinajstić information content (AvgIpc) is 3.06. The number of hydrogen-bond donors (Lipinski definition) is 1. The lowest BCUT2D eigenvalue weighted by atomic mass is 10.3. The predicted octanol–water partition coefficient (Wildman–Crippen LogP) is 1.69. The zero-order chi connectivity index (χ0) is 14.7. The molecule has 0 atom stereocenters. The van der Waals surface area contributed by atoms with Crippen LogP contribution in [0.4, 0.5) is 0 Å². The molecule has 0 saturated carbocycles. The molecule has 21 heavy (non-hydrogen) atoms. The van der Waals surface area contributed by atoms with E-state index in [1.54, 1.807) is 6.33 Å². The summed E-state index contributed by atoms with van der Waals surface area (Å²) in [4.78, 5) is 16.2. The fourth-order valence-electron chi connectivity index (χ4n) is 2.21. The molecule has 1 amide bonds. The molecule has 0 bridgehead atoms. The Balaban J connectivity index is 1.54. The molecule has 0 radical (unpaired) electrons. The maximum absolute atomic E-state index is 11.9. The summed E-state index contributed by atoms with van der Waals surface area (Å²) < 4.78 is 6.93. The van der Waals surface area contributed by atoms with E-state index in [-0.39, 0.29) is 12.5 Å². The van der Waals surface area contributed by atoms with Crippen LogP contribution in [0.5, 0.6) is 0 Å². The van der Waals surface area contributed by atoms with Crippen molar-refractivity contribution in [2.24, 2.45) is 0 Å². The molecule has 0 saturated heterocycles. The third-order valence-corrected chi connectivity index (χ3v) is 3.21. The first-order valence-electron chi connectivity index (χ1n) is 6.81. The first kappa shape index (κ1) is 13.4. The lowest BCUT2D eigenvalue weighted by molar-refractivity contribution is -0.121. The minimum atomic E-state index is -0.0469. The molecule has 6 nitrogen and oxygen atoms in total. The topological polar surface area (TPSA) is 73.0 Å². The van der Waals surface area contributed by atoms with Crippen LogP contribution in [0.15, 0.2) is 41.2 Å². The number of para-hydroxylation sites is 2. The van der Waals surface area contributed by atoms with E-state index in [4.69, 9.17) is 4.52 Å². The summed E-state index contributed by atoms with van der Waals surface area (Å²) in [6.45, 7) is 2.66. The molecule has 0 unspecified atom stereocenters. The molecular formula is C15H16N4O2. The Labute approximate surface area is 121 Å². The van der Waals surface area contributed by atoms with Crippen LogP contribution < -0.4 is 5.32 Å². The monoisotopic (exact) mass is 284 g/mol. The fourth-order valence-corrected chi connectivity index (χ4v) is 2.21. The van der Waals surface area contributed by atoms with Gasteiger partial charge < -0.3 is 14.4 Å². The number of nitrogens with one attached hydrogen (secondary N) is 1. The van der Waals surface area contributed by atoms with Gasteiger partial charge in [0.15, 0.2) is 0 Å². The van der Waals surface area contributed by atoms with Crippen LogP contribution in [-0.4, -0.2) is 27.2 Å². The summed E-state index contributed by atoms with van der Waals surface area (Å²) in [5, 5.41) is 6.68. The number of fused-ring (bicyclic) bond motifs is 1. The highest BCUT2D eigenvalue weighted by atomic mass is 16.5. The van der Waals surface area contributed by atoms with E-state index in [9.17, 15) is 4.79 Å². The number of nitrogens with zero attached hydrogens (tertiary/aromatic N) is 3. The predicted molar refractivity (Wildman–Crippen MR) is 77.7 cm³/mol. The Hall–Kier alpha value is -2.63. The van der Waals surface area contributed by atoms with Crippen LogP contribution in [0.25, 0.3) is 11.0 Å². The molecule has 2 heterocycles. The summed E-state index contributed by atoms with van der Waals surface area (Å²) in [6, 6.07) is 9.61. The van der Waals surface area contributed by atoms with E-state index in [0.29, 0.717) is 13.0 Å². The second kappa shape index (κ2) is 5.78. The smallest absolute Gasteiger partial charge is 0.240 e. The molecule has 3 rings (SSSR count). The quantitative estimate of drug-likeness (QED) is 0.774. The zero-order valence-electron chi connectivity index (χ0n) is 11.7. The minimum absolute atomic E-state index is 0.0469. The van der Waals surface area contributed by atoms with Gasteiger partial charge in [0.05, 0.1) is 23.1 Å². The average molecular weight is 284 g/mol. The van der Waals surface area contributed by atoms with E-state index >= 15 is 0 Å². The molecule has 1 N–H and O–H groups in total. The fraction of sp³-hybridized carbons (Fsp3) is 0.267. The zero-order valence-corrected chi connectivity index (χ0v) is 11.7. The van der Waals surface area contributed by atoms with Gasteiger partial charge in [-0.1, -0.05) is 17.3 Å². The van der Waals surface area contributed by atoms with Crippen LogP contribution in [0.3, 0.4) is 0 Å². The van der Waals surface area contributed by atoms with Gasteiger partial charge in [0.25, 0.3) is 0 Å². The number of carbonyl (C=O) groups is 1. The van der Waals surface area contributed by atoms with E-state index in [2.05, 4.69) is 15.5 Å². The molecule has 0 aliphatic heterocycles. The SMILES string of the molecule is Cc1cc(CCNC(=O)Cn2cnc3ccccc32)on1. The van der Waals surface area contributed by atoms with Gasteiger partial charge in [-0.25, -0.2) is 4.98 Å². The molecule has 0 aliphatic carbocycles. The lowest BCUT2D eigenvalue weighted by Gasteiger charge is -2.05. The van der Waals surface area contributed by atoms with Crippen molar-refractivity contribution in [1.29, 1.82) is 0 Å². The Morgan fingerprint density at radius 3 is 3.05 bits per heavy atom. The lowest BCUT2D eigenvalue weighted by Crippen LogP contribution is -2.29. The van der Waals surface area contributed by atoms with Crippen molar-refractivity contribution in [3.05, 3.63) is 48.1 Å². The number of carbonyl (C=O) groups excluding carboxylic acids is 1. The normalized spacial score (nSPS) is 10.9. The summed E-state index contributed by atoms with van der Waals surface area (Å²) >= 11 is 0. The second-order valence-corrected chi connectivity index (χ2v) is 4.90. The maximum atomic E-state index is 11.9. The first-order chi connectivity index (χ1) is 10.2. The van der Waals surface area contributed by atoms with Gasteiger partial charge in [0.2, 0.25) is 5.91 Å². The van der Waals surface area contributed by atoms with E-state index in [1.165, 1.54) is 0 Å². The highest BCUT2D eigenvalue weighted by molar-refractivity contribution is 5.80. The summed E-state index contributed by atoms with van der Waals surface area (Å²) in [6.07, 6.45) is 2.32. The van der Waals surface area contributed by atoms with Crippen molar-refractivity contribution in [1.82, 2.24) is 20.0 Å². The number of benzene rings is 1. The van der Waals surface area contributed by atoms with Crippen LogP contribution in [-0.2, 0) is 17.8 Å². The van der Waals surface area contributed by atoms with Crippen LogP contribution in [0.1, 0.15) is 11.5 Å². The third-order valence-electron chi connectivity index (χ3n) is 3.21. The molecule has 0 aliphatic rings. The highest BCUT2D eigenvalue weighted by Gasteiger charge is 2.07. The summed E-state index contributed by atoms with van der Waals surface area (Å²) in [7, 11) is 0. The van der Waals surface area contributed by atoms with Crippen molar-refractivity contribution in [3.63, 3.8) is 0 Å². The molecule has 6 heteroatoms. The Kier molecular flexibility index (Phi) is 3.68. The number of rotatable bonds is 5. The Morgan fingerprint density at radius 1 is 1.38 bits per heavy atom. The molecule has 0 fully saturated rings. The van der Waals surface area contributed by atoms with E-state index in [0.717, 1.165) is 22.5 Å². The number of amides is 1. The second-order valence-electron chi connectivity index (χ2n) is 4.90. The van der Waals surface area contributed by atoms with Gasteiger partial charge in [-0.3, -0.25) is 4.79 Å². The largest absolute Gasteiger partial charge is 0.361 e. The molecule has 0 spiro atoms. The van der Waals surface area contributed by atoms with Gasteiger partial charge in [-0.05, 0) is 19.1 Å². The van der Waals surface area contributed by atoms with E-state index < -0.39 is 0 Å². The number of hydrogen-bond acceptors (Lipinski definition) is 4. The molecule has 3 aromatic rings. The van der Waals surface area contributed by atoms with Crippen molar-refractivity contribution in [2.45, 2.75) is 19.9 Å². The Bertz CT molecular complexity index is 760. The standard InChI is InChI=1S/C15H16N4O2/c1-11-8-12(21-18-11)6-7-16-15(20)9-19-10-17-13-4-2-3-5-14(13)19/h2-5,8,10H,6-7,9H2,1H3,(H,16,20). The van der Waals surface area contributed by atoms with Crippen molar-refractivity contribution < 1.29 is 9.32 Å². The van der Waals surface area contributed by atoms with Crippen molar-refractivity contribution >= 4 is 16.9 Å². The highest BCUT2D eigenvalue weighted by Crippen LogP contribution is 2.11. The van der Waals surface area contributed by atoms with Gasteiger partial charge in [-0.2, -0.15) is 0 Å². The van der Waals surface area contributed by atoms with Gasteiger partial charge in [0, 0.05) is 19.0 Å². The van der Waals surface area contributed by atoms with Crippen LogP contribution >= 0.6 is 0 Å². The summed E-state index contributed by atoms with van der Waals surface area (Å²) in [5.41, 5.74) is 2.70. The van der Waals surface area contributed by atoms with E-state index in [1.807, 2.05) is 41.8 Å². The molecule has 1 aromatic carbocycles. The Morgan fingerprint density at radius 2 is 2.24 bits per heavy atom. The molecule has 108 valence electrons. The van der Waals surface area contributed by atoms with Gasteiger partial charge in [0.1, 0.15) is 12.3 Å². The minimum Gasteiger partial charge on any atom is -0.361 e. The van der Waals surface area contributed by atoms with Crippen molar-refractivity contribution in [2.75, 3.05) is 6.54 Å². The summed E-state index contributed by atoms with van der Waals surface area (Å²) in [5.74, 6) is 0.732. The van der Waals surface area contributed by atoms with Crippen molar-refractivity contribution in [3.8, 4) is 0 Å². The number of aryl methyl sites for hydroxylation is 1. The number of aromatic nitrogens is 3. The van der Waals surface area contributed by atoms with Crippen LogP contribution in [0, 0.1) is 6.92 Å². The number of imidazole rings is 1. The van der Waals surface area contributed by atoms with Gasteiger partial charge in [-0.15, -0.1) is 0 Å². The molecule has 2 aromatic heterocycles. The first-order valence-corrected chi connectivity index (χ1v) is 6.81. The van der Waals surface area contributed by atoms with Gasteiger partial charge >= 0.3 is 0 Å². The maximum Gasteiger partial charge on any atom is 0.240 e.